The Hall–Kier alpha value is -1.32. The monoisotopic (exact) mass is 268 g/mol. The van der Waals surface area contributed by atoms with Gasteiger partial charge in [0.1, 0.15) is 5.02 Å². The summed E-state index contributed by atoms with van der Waals surface area (Å²) >= 11 is 11.6. The summed E-state index contributed by atoms with van der Waals surface area (Å²) in [4.78, 5) is 11.9. The van der Waals surface area contributed by atoms with Gasteiger partial charge < -0.3 is 0 Å². The lowest BCUT2D eigenvalue weighted by molar-refractivity contribution is 0.801. The topological polar surface area (TPSA) is 34.9 Å². The predicted molar refractivity (Wildman–Crippen MR) is 69.3 cm³/mol. The van der Waals surface area contributed by atoms with Crippen molar-refractivity contribution in [3.05, 3.63) is 55.9 Å². The van der Waals surface area contributed by atoms with Crippen LogP contribution in [0.2, 0.25) is 10.0 Å². The summed E-state index contributed by atoms with van der Waals surface area (Å²) in [5, 5.41) is 4.15. The number of aryl methyl sites for hydroxylation is 2. The SMILES string of the molecule is Cc1ccc(C)c(-n2ncc(Cl)c(Cl)c2=O)c1. The van der Waals surface area contributed by atoms with Gasteiger partial charge in [-0.25, -0.2) is 0 Å². The van der Waals surface area contributed by atoms with Crippen molar-refractivity contribution in [2.75, 3.05) is 0 Å². The van der Waals surface area contributed by atoms with Crippen molar-refractivity contribution in [2.45, 2.75) is 13.8 Å². The van der Waals surface area contributed by atoms with Gasteiger partial charge >= 0.3 is 0 Å². The molecule has 2 rings (SSSR count). The Balaban J connectivity index is 2.73. The van der Waals surface area contributed by atoms with Crippen LogP contribution < -0.4 is 5.56 Å². The summed E-state index contributed by atoms with van der Waals surface area (Å²) in [5.41, 5.74) is 2.30. The van der Waals surface area contributed by atoms with E-state index in [1.54, 1.807) is 0 Å². The normalized spacial score (nSPS) is 10.6. The second-order valence-electron chi connectivity index (χ2n) is 3.81. The van der Waals surface area contributed by atoms with Crippen molar-refractivity contribution in [3.63, 3.8) is 0 Å². The average Bonchev–Trinajstić information content (AvgIpc) is 2.30. The molecule has 1 aromatic carbocycles. The van der Waals surface area contributed by atoms with Crippen LogP contribution in [0.1, 0.15) is 11.1 Å². The van der Waals surface area contributed by atoms with Gasteiger partial charge in [0.05, 0.1) is 16.9 Å². The summed E-state index contributed by atoms with van der Waals surface area (Å²) in [5.74, 6) is 0. The molecule has 0 aliphatic carbocycles. The number of aromatic nitrogens is 2. The molecule has 0 saturated heterocycles. The zero-order valence-electron chi connectivity index (χ0n) is 9.37. The molecule has 0 amide bonds. The first-order chi connectivity index (χ1) is 8.00. The van der Waals surface area contributed by atoms with Crippen LogP contribution in [0, 0.1) is 13.8 Å². The summed E-state index contributed by atoms with van der Waals surface area (Å²) in [7, 11) is 0. The number of halogens is 2. The van der Waals surface area contributed by atoms with Gasteiger partial charge in [0.25, 0.3) is 5.56 Å². The van der Waals surface area contributed by atoms with Gasteiger partial charge in [0.2, 0.25) is 0 Å². The summed E-state index contributed by atoms with van der Waals surface area (Å²) in [6.45, 7) is 3.86. The van der Waals surface area contributed by atoms with Crippen LogP contribution in [0.3, 0.4) is 0 Å². The molecular weight excluding hydrogens is 259 g/mol. The average molecular weight is 269 g/mol. The van der Waals surface area contributed by atoms with E-state index in [-0.39, 0.29) is 10.0 Å². The smallest absolute Gasteiger partial charge is 0.266 e. The fourth-order valence-electron chi connectivity index (χ4n) is 1.53. The van der Waals surface area contributed by atoms with E-state index in [9.17, 15) is 4.79 Å². The minimum atomic E-state index is -0.409. The van der Waals surface area contributed by atoms with Crippen LogP contribution in [0.15, 0.2) is 29.2 Å². The molecule has 5 heteroatoms. The van der Waals surface area contributed by atoms with Crippen molar-refractivity contribution in [3.8, 4) is 5.69 Å². The first-order valence-corrected chi connectivity index (χ1v) is 5.77. The zero-order valence-corrected chi connectivity index (χ0v) is 10.9. The molecule has 0 N–H and O–H groups in total. The van der Waals surface area contributed by atoms with Crippen LogP contribution >= 0.6 is 23.2 Å². The van der Waals surface area contributed by atoms with Crippen molar-refractivity contribution in [1.82, 2.24) is 9.78 Å². The fraction of sp³-hybridized carbons (Fsp3) is 0.167. The Bertz CT molecular complexity index is 635. The number of nitrogens with zero attached hydrogens (tertiary/aromatic N) is 2. The zero-order chi connectivity index (χ0) is 12.6. The van der Waals surface area contributed by atoms with E-state index < -0.39 is 5.56 Å². The lowest BCUT2D eigenvalue weighted by Gasteiger charge is -2.09. The Labute approximate surface area is 109 Å². The maximum Gasteiger partial charge on any atom is 0.291 e. The molecule has 0 radical (unpaired) electrons. The molecule has 0 fully saturated rings. The van der Waals surface area contributed by atoms with Crippen molar-refractivity contribution in [1.29, 1.82) is 0 Å². The largest absolute Gasteiger partial charge is 0.291 e. The number of hydrogen-bond acceptors (Lipinski definition) is 2. The molecule has 0 atom stereocenters. The van der Waals surface area contributed by atoms with Crippen LogP contribution in [0.5, 0.6) is 0 Å². The molecule has 0 aliphatic rings. The highest BCUT2D eigenvalue weighted by Crippen LogP contribution is 2.18. The molecular formula is C12H10Cl2N2O. The third-order valence-electron chi connectivity index (χ3n) is 2.47. The first kappa shape index (κ1) is 12.1. The third kappa shape index (κ3) is 2.21. The van der Waals surface area contributed by atoms with Gasteiger partial charge in [-0.2, -0.15) is 9.78 Å². The number of benzene rings is 1. The lowest BCUT2D eigenvalue weighted by Crippen LogP contribution is -2.22. The van der Waals surface area contributed by atoms with Crippen LogP contribution in [0.25, 0.3) is 5.69 Å². The van der Waals surface area contributed by atoms with Crippen molar-refractivity contribution in [2.24, 2.45) is 0 Å². The molecule has 88 valence electrons. The van der Waals surface area contributed by atoms with Gasteiger partial charge in [-0.15, -0.1) is 0 Å². The Morgan fingerprint density at radius 2 is 1.94 bits per heavy atom. The van der Waals surface area contributed by atoms with E-state index in [1.165, 1.54) is 10.9 Å². The van der Waals surface area contributed by atoms with E-state index in [1.807, 2.05) is 32.0 Å². The van der Waals surface area contributed by atoms with Crippen LogP contribution in [-0.4, -0.2) is 9.78 Å². The standard InChI is InChI=1S/C12H10Cl2N2O/c1-7-3-4-8(2)10(5-7)16-12(17)11(14)9(13)6-15-16/h3-6H,1-2H3. The number of rotatable bonds is 1. The molecule has 0 saturated carbocycles. The van der Waals surface area contributed by atoms with Gasteiger partial charge in [0.15, 0.2) is 0 Å². The minimum absolute atomic E-state index is 0.0115. The Morgan fingerprint density at radius 3 is 2.65 bits per heavy atom. The van der Waals surface area contributed by atoms with Gasteiger partial charge in [-0.1, -0.05) is 35.3 Å². The van der Waals surface area contributed by atoms with Gasteiger partial charge in [0, 0.05) is 0 Å². The predicted octanol–water partition coefficient (Wildman–Crippen LogP) is 3.16. The van der Waals surface area contributed by atoms with E-state index in [2.05, 4.69) is 5.10 Å². The molecule has 17 heavy (non-hydrogen) atoms. The number of hydrogen-bond donors (Lipinski definition) is 0. The van der Waals surface area contributed by atoms with E-state index in [0.717, 1.165) is 11.1 Å². The second kappa shape index (κ2) is 4.51. The minimum Gasteiger partial charge on any atom is -0.266 e. The van der Waals surface area contributed by atoms with Crippen LogP contribution in [0.4, 0.5) is 0 Å². The highest BCUT2D eigenvalue weighted by atomic mass is 35.5. The van der Waals surface area contributed by atoms with Gasteiger partial charge in [-0.3, -0.25) is 4.79 Å². The molecule has 2 aromatic rings. The maximum atomic E-state index is 11.9. The Kier molecular flexibility index (Phi) is 3.22. The second-order valence-corrected chi connectivity index (χ2v) is 4.60. The molecule has 1 aromatic heterocycles. The van der Waals surface area contributed by atoms with E-state index in [0.29, 0.717) is 5.69 Å². The fourth-order valence-corrected chi connectivity index (χ4v) is 1.79. The lowest BCUT2D eigenvalue weighted by atomic mass is 10.1. The Morgan fingerprint density at radius 1 is 1.24 bits per heavy atom. The molecule has 0 spiro atoms. The molecule has 3 nitrogen and oxygen atoms in total. The summed E-state index contributed by atoms with van der Waals surface area (Å²) < 4.78 is 1.26. The molecule has 1 heterocycles. The molecule has 0 unspecified atom stereocenters. The highest BCUT2D eigenvalue weighted by molar-refractivity contribution is 6.41. The van der Waals surface area contributed by atoms with Crippen molar-refractivity contribution >= 4 is 23.2 Å². The highest BCUT2D eigenvalue weighted by Gasteiger charge is 2.10. The summed E-state index contributed by atoms with van der Waals surface area (Å²) in [6.07, 6.45) is 1.37. The molecule has 0 bridgehead atoms. The van der Waals surface area contributed by atoms with Crippen LogP contribution in [-0.2, 0) is 0 Å². The maximum absolute atomic E-state index is 11.9. The van der Waals surface area contributed by atoms with Gasteiger partial charge in [-0.05, 0) is 31.0 Å². The van der Waals surface area contributed by atoms with Crippen molar-refractivity contribution < 1.29 is 0 Å². The van der Waals surface area contributed by atoms with E-state index >= 15 is 0 Å². The van der Waals surface area contributed by atoms with E-state index in [4.69, 9.17) is 23.2 Å². The first-order valence-electron chi connectivity index (χ1n) is 5.01. The third-order valence-corrected chi connectivity index (χ3v) is 3.22. The summed E-state index contributed by atoms with van der Waals surface area (Å²) in [6, 6.07) is 5.79. The quantitative estimate of drug-likeness (QED) is 0.797. The molecule has 0 aliphatic heterocycles.